The van der Waals surface area contributed by atoms with Crippen molar-refractivity contribution in [3.8, 4) is 0 Å². The van der Waals surface area contributed by atoms with Crippen molar-refractivity contribution in [2.75, 3.05) is 25.4 Å². The monoisotopic (exact) mass is 294 g/mol. The van der Waals surface area contributed by atoms with E-state index in [0.717, 1.165) is 31.2 Å². The van der Waals surface area contributed by atoms with E-state index >= 15 is 0 Å². The molecule has 0 bridgehead atoms. The van der Waals surface area contributed by atoms with Crippen LogP contribution in [0.25, 0.3) is 0 Å². The Morgan fingerprint density at radius 1 is 1.30 bits per heavy atom. The topological polar surface area (TPSA) is 49.4 Å². The summed E-state index contributed by atoms with van der Waals surface area (Å²) >= 11 is 0. The van der Waals surface area contributed by atoms with Crippen LogP contribution in [0.2, 0.25) is 0 Å². The van der Waals surface area contributed by atoms with E-state index < -0.39 is 9.84 Å². The number of nitrogens with one attached hydrogen (secondary N) is 1. The summed E-state index contributed by atoms with van der Waals surface area (Å²) in [5.74, 6) is 0.196. The quantitative estimate of drug-likeness (QED) is 0.865. The van der Waals surface area contributed by atoms with Crippen LogP contribution in [0.15, 0.2) is 29.2 Å². The predicted octanol–water partition coefficient (Wildman–Crippen LogP) is 1.59. The smallest absolute Gasteiger partial charge is 0.180 e. The van der Waals surface area contributed by atoms with Crippen LogP contribution in [0.1, 0.15) is 31.4 Å². The first kappa shape index (κ1) is 14.0. The Balaban J connectivity index is 1.62. The van der Waals surface area contributed by atoms with Gasteiger partial charge >= 0.3 is 0 Å². The summed E-state index contributed by atoms with van der Waals surface area (Å²) in [7, 11) is -3.09. The summed E-state index contributed by atoms with van der Waals surface area (Å²) in [6.45, 7) is 5.11. The number of rotatable bonds is 6. The molecule has 1 aliphatic carbocycles. The lowest BCUT2D eigenvalue weighted by molar-refractivity contribution is 0.273. The Kier molecular flexibility index (Phi) is 3.84. The zero-order valence-corrected chi connectivity index (χ0v) is 12.7. The molecule has 1 fully saturated rings. The SMILES string of the molecule is CCN(CCNC1CS(=O)(=O)c2ccccc21)C1CC1. The van der Waals surface area contributed by atoms with Crippen LogP contribution in [0.5, 0.6) is 0 Å². The molecule has 110 valence electrons. The van der Waals surface area contributed by atoms with E-state index in [1.165, 1.54) is 12.8 Å². The number of sulfone groups is 1. The number of hydrogen-bond donors (Lipinski definition) is 1. The maximum Gasteiger partial charge on any atom is 0.180 e. The number of hydrogen-bond acceptors (Lipinski definition) is 4. The third kappa shape index (κ3) is 2.75. The molecule has 0 radical (unpaired) electrons. The summed E-state index contributed by atoms with van der Waals surface area (Å²) in [6.07, 6.45) is 2.63. The minimum Gasteiger partial charge on any atom is -0.308 e. The standard InChI is InChI=1S/C15H22N2O2S/c1-2-17(12-7-8-12)10-9-16-14-11-20(18,19)15-6-4-3-5-13(14)15/h3-6,12,14,16H,2,7-11H2,1H3. The van der Waals surface area contributed by atoms with Crippen LogP contribution < -0.4 is 5.32 Å². The predicted molar refractivity (Wildman–Crippen MR) is 79.5 cm³/mol. The number of nitrogens with zero attached hydrogens (tertiary/aromatic N) is 1. The molecule has 1 heterocycles. The molecule has 1 aliphatic heterocycles. The summed E-state index contributed by atoms with van der Waals surface area (Å²) in [5, 5.41) is 3.42. The fourth-order valence-electron chi connectivity index (χ4n) is 3.04. The average molecular weight is 294 g/mol. The van der Waals surface area contributed by atoms with Gasteiger partial charge in [-0.1, -0.05) is 25.1 Å². The van der Waals surface area contributed by atoms with E-state index in [0.29, 0.717) is 4.90 Å². The van der Waals surface area contributed by atoms with Gasteiger partial charge in [-0.2, -0.15) is 0 Å². The molecule has 1 atom stereocenters. The van der Waals surface area contributed by atoms with E-state index in [2.05, 4.69) is 17.1 Å². The molecule has 0 aromatic heterocycles. The molecule has 1 aromatic rings. The van der Waals surface area contributed by atoms with Gasteiger partial charge in [0.25, 0.3) is 0 Å². The van der Waals surface area contributed by atoms with Crippen molar-refractivity contribution >= 4 is 9.84 Å². The molecular formula is C15H22N2O2S. The summed E-state index contributed by atoms with van der Waals surface area (Å²) < 4.78 is 24.2. The number of likely N-dealkylation sites (N-methyl/N-ethyl adjacent to an activating group) is 1. The Morgan fingerprint density at radius 3 is 2.75 bits per heavy atom. The van der Waals surface area contributed by atoms with Gasteiger partial charge in [-0.25, -0.2) is 8.42 Å². The van der Waals surface area contributed by atoms with E-state index in [1.54, 1.807) is 12.1 Å². The second-order valence-electron chi connectivity index (χ2n) is 5.69. The molecule has 3 rings (SSSR count). The van der Waals surface area contributed by atoms with E-state index in [4.69, 9.17) is 0 Å². The van der Waals surface area contributed by atoms with Crippen LogP contribution in [-0.2, 0) is 9.84 Å². The molecule has 1 N–H and O–H groups in total. The van der Waals surface area contributed by atoms with Gasteiger partial charge < -0.3 is 5.32 Å². The van der Waals surface area contributed by atoms with E-state index in [9.17, 15) is 8.42 Å². The molecule has 0 spiro atoms. The highest BCUT2D eigenvalue weighted by Gasteiger charge is 2.34. The molecule has 4 nitrogen and oxygen atoms in total. The summed E-state index contributed by atoms with van der Waals surface area (Å²) in [4.78, 5) is 2.98. The molecule has 5 heteroatoms. The van der Waals surface area contributed by atoms with Gasteiger partial charge in [0.15, 0.2) is 9.84 Å². The second-order valence-corrected chi connectivity index (χ2v) is 7.69. The van der Waals surface area contributed by atoms with Crippen LogP contribution >= 0.6 is 0 Å². The highest BCUT2D eigenvalue weighted by atomic mass is 32.2. The van der Waals surface area contributed by atoms with Crippen LogP contribution in [0.4, 0.5) is 0 Å². The highest BCUT2D eigenvalue weighted by Crippen LogP contribution is 2.33. The Bertz CT molecular complexity index is 581. The number of fused-ring (bicyclic) bond motifs is 1. The van der Waals surface area contributed by atoms with Gasteiger partial charge in [0.05, 0.1) is 10.6 Å². The van der Waals surface area contributed by atoms with Gasteiger partial charge in [0, 0.05) is 25.2 Å². The lowest BCUT2D eigenvalue weighted by Crippen LogP contribution is -2.35. The van der Waals surface area contributed by atoms with Crippen molar-refractivity contribution in [1.82, 2.24) is 10.2 Å². The van der Waals surface area contributed by atoms with Gasteiger partial charge in [-0.3, -0.25) is 4.90 Å². The van der Waals surface area contributed by atoms with Crippen molar-refractivity contribution < 1.29 is 8.42 Å². The van der Waals surface area contributed by atoms with Crippen LogP contribution in [-0.4, -0.2) is 44.7 Å². The van der Waals surface area contributed by atoms with Gasteiger partial charge in [-0.15, -0.1) is 0 Å². The van der Waals surface area contributed by atoms with Crippen molar-refractivity contribution in [3.63, 3.8) is 0 Å². The molecule has 2 aliphatic rings. The largest absolute Gasteiger partial charge is 0.308 e. The molecule has 0 saturated heterocycles. The first-order chi connectivity index (χ1) is 9.62. The summed E-state index contributed by atoms with van der Waals surface area (Å²) in [5.41, 5.74) is 0.932. The lowest BCUT2D eigenvalue weighted by atomic mass is 10.1. The van der Waals surface area contributed by atoms with E-state index in [-0.39, 0.29) is 11.8 Å². The fraction of sp³-hybridized carbons (Fsp3) is 0.600. The van der Waals surface area contributed by atoms with Crippen LogP contribution in [0.3, 0.4) is 0 Å². The maximum absolute atomic E-state index is 12.1. The zero-order chi connectivity index (χ0) is 14.2. The molecule has 1 saturated carbocycles. The molecular weight excluding hydrogens is 272 g/mol. The second kappa shape index (κ2) is 5.47. The average Bonchev–Trinajstić information content (AvgIpc) is 3.23. The van der Waals surface area contributed by atoms with Crippen molar-refractivity contribution in [3.05, 3.63) is 29.8 Å². The molecule has 0 amide bonds. The Morgan fingerprint density at radius 2 is 2.05 bits per heavy atom. The van der Waals surface area contributed by atoms with Gasteiger partial charge in [0.1, 0.15) is 0 Å². The third-order valence-corrected chi connectivity index (χ3v) is 6.09. The maximum atomic E-state index is 12.1. The first-order valence-electron chi connectivity index (χ1n) is 7.41. The Hall–Kier alpha value is -0.910. The molecule has 1 unspecified atom stereocenters. The third-order valence-electron chi connectivity index (χ3n) is 4.27. The number of benzene rings is 1. The Labute approximate surface area is 121 Å². The van der Waals surface area contributed by atoms with Gasteiger partial charge in [0.2, 0.25) is 0 Å². The summed E-state index contributed by atoms with van der Waals surface area (Å²) in [6, 6.07) is 8.07. The lowest BCUT2D eigenvalue weighted by Gasteiger charge is -2.21. The zero-order valence-electron chi connectivity index (χ0n) is 11.9. The van der Waals surface area contributed by atoms with E-state index in [1.807, 2.05) is 12.1 Å². The van der Waals surface area contributed by atoms with Crippen LogP contribution in [0, 0.1) is 0 Å². The fourth-order valence-corrected chi connectivity index (χ4v) is 4.81. The minimum atomic E-state index is -3.09. The normalized spacial score (nSPS) is 24.0. The van der Waals surface area contributed by atoms with Gasteiger partial charge in [-0.05, 0) is 31.0 Å². The first-order valence-corrected chi connectivity index (χ1v) is 9.06. The highest BCUT2D eigenvalue weighted by molar-refractivity contribution is 7.91. The molecule has 1 aromatic carbocycles. The van der Waals surface area contributed by atoms with Crippen molar-refractivity contribution in [2.24, 2.45) is 0 Å². The molecule has 20 heavy (non-hydrogen) atoms. The van der Waals surface area contributed by atoms with Crippen molar-refractivity contribution in [1.29, 1.82) is 0 Å². The minimum absolute atomic E-state index is 0.0471. The van der Waals surface area contributed by atoms with Crippen molar-refractivity contribution in [2.45, 2.75) is 36.7 Å².